The van der Waals surface area contributed by atoms with E-state index in [-0.39, 0.29) is 6.04 Å². The summed E-state index contributed by atoms with van der Waals surface area (Å²) in [4.78, 5) is 9.10. The summed E-state index contributed by atoms with van der Waals surface area (Å²) < 4.78 is 3.86. The molecule has 2 heterocycles. The van der Waals surface area contributed by atoms with Crippen molar-refractivity contribution in [3.05, 3.63) is 35.4 Å². The zero-order valence-corrected chi connectivity index (χ0v) is 9.11. The summed E-state index contributed by atoms with van der Waals surface area (Å²) >= 11 is 1.39. The molecule has 0 saturated carbocycles. The quantitative estimate of drug-likeness (QED) is 0.835. The van der Waals surface area contributed by atoms with E-state index < -0.39 is 0 Å². The van der Waals surface area contributed by atoms with Crippen LogP contribution in [0.15, 0.2) is 24.9 Å². The zero-order valence-electron chi connectivity index (χ0n) is 8.29. The van der Waals surface area contributed by atoms with Gasteiger partial charge in [-0.15, -0.1) is 5.10 Å². The molecule has 0 fully saturated rings. The number of nitrogens with one attached hydrogen (secondary N) is 1. The number of nitrogens with zero attached hydrogens (tertiary/aromatic N) is 4. The zero-order chi connectivity index (χ0) is 10.5. The van der Waals surface area contributed by atoms with Gasteiger partial charge in [-0.1, -0.05) is 11.4 Å². The molecule has 0 radical (unpaired) electrons. The van der Waals surface area contributed by atoms with Crippen molar-refractivity contribution in [2.24, 2.45) is 0 Å². The molecule has 6 heteroatoms. The average Bonchev–Trinajstić information content (AvgIpc) is 2.80. The third-order valence-corrected chi connectivity index (χ3v) is 2.71. The highest BCUT2D eigenvalue weighted by Gasteiger charge is 2.15. The summed E-state index contributed by atoms with van der Waals surface area (Å²) in [6.07, 6.45) is 6.91. The van der Waals surface area contributed by atoms with Crippen LogP contribution in [0.4, 0.5) is 0 Å². The lowest BCUT2D eigenvalue weighted by Gasteiger charge is -2.14. The van der Waals surface area contributed by atoms with Crippen LogP contribution in [0.25, 0.3) is 0 Å². The number of hydrogen-bond donors (Lipinski definition) is 1. The second-order valence-electron chi connectivity index (χ2n) is 2.98. The van der Waals surface area contributed by atoms with Gasteiger partial charge in [0.1, 0.15) is 6.33 Å². The maximum absolute atomic E-state index is 4.01. The standard InChI is InChI=1S/C9H11N5S/c1-2-12-9(8-5-13-14-15-8)7-3-10-6-11-4-7/h3-6,9,12H,2H2,1H3. The minimum Gasteiger partial charge on any atom is -0.306 e. The molecule has 2 aromatic heterocycles. The molecule has 15 heavy (non-hydrogen) atoms. The Hall–Kier alpha value is -1.40. The lowest BCUT2D eigenvalue weighted by molar-refractivity contribution is 0.634. The van der Waals surface area contributed by atoms with Crippen molar-refractivity contribution >= 4 is 11.5 Å². The molecule has 0 aliphatic heterocycles. The van der Waals surface area contributed by atoms with E-state index in [1.807, 2.05) is 0 Å². The SMILES string of the molecule is CCNC(c1cncnc1)c1cnns1. The van der Waals surface area contributed by atoms with E-state index in [0.717, 1.165) is 17.0 Å². The summed E-state index contributed by atoms with van der Waals surface area (Å²) in [7, 11) is 0. The van der Waals surface area contributed by atoms with Crippen molar-refractivity contribution in [3.63, 3.8) is 0 Å². The van der Waals surface area contributed by atoms with Gasteiger partial charge in [0.05, 0.1) is 17.1 Å². The summed E-state index contributed by atoms with van der Waals surface area (Å²) in [5.41, 5.74) is 1.03. The molecule has 2 aromatic rings. The third-order valence-electron chi connectivity index (χ3n) is 1.98. The highest BCUT2D eigenvalue weighted by Crippen LogP contribution is 2.22. The minimum absolute atomic E-state index is 0.0937. The molecule has 78 valence electrons. The number of aromatic nitrogens is 4. The van der Waals surface area contributed by atoms with E-state index in [9.17, 15) is 0 Å². The van der Waals surface area contributed by atoms with Crippen molar-refractivity contribution in [2.45, 2.75) is 13.0 Å². The number of rotatable bonds is 4. The van der Waals surface area contributed by atoms with Gasteiger partial charge in [-0.25, -0.2) is 9.97 Å². The Morgan fingerprint density at radius 2 is 2.13 bits per heavy atom. The van der Waals surface area contributed by atoms with Gasteiger partial charge in [0.2, 0.25) is 0 Å². The molecule has 0 spiro atoms. The lowest BCUT2D eigenvalue weighted by Crippen LogP contribution is -2.21. The van der Waals surface area contributed by atoms with Crippen LogP contribution in [-0.4, -0.2) is 26.1 Å². The van der Waals surface area contributed by atoms with Gasteiger partial charge in [-0.3, -0.25) is 0 Å². The van der Waals surface area contributed by atoms with Crippen LogP contribution in [-0.2, 0) is 0 Å². The average molecular weight is 221 g/mol. The summed E-state index contributed by atoms with van der Waals surface area (Å²) in [5.74, 6) is 0. The van der Waals surface area contributed by atoms with E-state index in [4.69, 9.17) is 0 Å². The predicted octanol–water partition coefficient (Wildman–Crippen LogP) is 1.03. The van der Waals surface area contributed by atoms with Gasteiger partial charge in [0, 0.05) is 18.0 Å². The largest absolute Gasteiger partial charge is 0.306 e. The van der Waals surface area contributed by atoms with E-state index >= 15 is 0 Å². The summed E-state index contributed by atoms with van der Waals surface area (Å²) in [5, 5.41) is 7.19. The normalized spacial score (nSPS) is 12.6. The van der Waals surface area contributed by atoms with Crippen molar-refractivity contribution in [1.29, 1.82) is 0 Å². The molecule has 0 amide bonds. The van der Waals surface area contributed by atoms with E-state index in [0.29, 0.717) is 0 Å². The summed E-state index contributed by atoms with van der Waals surface area (Å²) in [6.45, 7) is 2.93. The van der Waals surface area contributed by atoms with Crippen molar-refractivity contribution in [2.75, 3.05) is 6.54 Å². The molecule has 0 saturated heterocycles. The first-order valence-electron chi connectivity index (χ1n) is 4.67. The van der Waals surface area contributed by atoms with Crippen LogP contribution in [0.2, 0.25) is 0 Å². The van der Waals surface area contributed by atoms with Crippen LogP contribution < -0.4 is 5.32 Å². The first-order chi connectivity index (χ1) is 7.42. The van der Waals surface area contributed by atoms with Gasteiger partial charge in [-0.05, 0) is 18.1 Å². The molecule has 0 bridgehead atoms. The van der Waals surface area contributed by atoms with Gasteiger partial charge >= 0.3 is 0 Å². The molecule has 5 nitrogen and oxygen atoms in total. The fourth-order valence-electron chi connectivity index (χ4n) is 1.35. The molecule has 0 aliphatic rings. The van der Waals surface area contributed by atoms with Crippen LogP contribution >= 0.6 is 11.5 Å². The van der Waals surface area contributed by atoms with Crippen molar-refractivity contribution < 1.29 is 0 Å². The minimum atomic E-state index is 0.0937. The second-order valence-corrected chi connectivity index (χ2v) is 3.80. The monoisotopic (exact) mass is 221 g/mol. The van der Waals surface area contributed by atoms with E-state index in [1.165, 1.54) is 17.9 Å². The fourth-order valence-corrected chi connectivity index (χ4v) is 1.96. The molecule has 1 atom stereocenters. The maximum Gasteiger partial charge on any atom is 0.115 e. The van der Waals surface area contributed by atoms with Crippen LogP contribution in [0, 0.1) is 0 Å². The second kappa shape index (κ2) is 4.90. The Bertz CT molecular complexity index is 388. The van der Waals surface area contributed by atoms with Crippen LogP contribution in [0.3, 0.4) is 0 Å². The first kappa shape index (κ1) is 10.1. The number of hydrogen-bond acceptors (Lipinski definition) is 6. The topological polar surface area (TPSA) is 63.6 Å². The molecular formula is C9H11N5S. The maximum atomic E-state index is 4.01. The Kier molecular flexibility index (Phi) is 3.31. The third kappa shape index (κ3) is 2.34. The van der Waals surface area contributed by atoms with Gasteiger partial charge in [0.15, 0.2) is 0 Å². The molecule has 1 N–H and O–H groups in total. The molecule has 0 aromatic carbocycles. The van der Waals surface area contributed by atoms with Gasteiger partial charge in [-0.2, -0.15) is 0 Å². The van der Waals surface area contributed by atoms with Gasteiger partial charge < -0.3 is 5.32 Å². The molecular weight excluding hydrogens is 210 g/mol. The molecule has 0 aliphatic carbocycles. The van der Waals surface area contributed by atoms with Gasteiger partial charge in [0.25, 0.3) is 0 Å². The van der Waals surface area contributed by atoms with Crippen molar-refractivity contribution in [3.8, 4) is 0 Å². The molecule has 1 unspecified atom stereocenters. The Balaban J connectivity index is 2.28. The smallest absolute Gasteiger partial charge is 0.115 e. The van der Waals surface area contributed by atoms with E-state index in [1.54, 1.807) is 18.6 Å². The highest BCUT2D eigenvalue weighted by atomic mass is 32.1. The fraction of sp³-hybridized carbons (Fsp3) is 0.333. The van der Waals surface area contributed by atoms with E-state index in [2.05, 4.69) is 31.8 Å². The Morgan fingerprint density at radius 3 is 2.73 bits per heavy atom. The predicted molar refractivity (Wildman–Crippen MR) is 57.5 cm³/mol. The Morgan fingerprint density at radius 1 is 1.33 bits per heavy atom. The molecule has 2 rings (SSSR count). The lowest BCUT2D eigenvalue weighted by atomic mass is 10.1. The summed E-state index contributed by atoms with van der Waals surface area (Å²) in [6, 6.07) is 0.0937. The van der Waals surface area contributed by atoms with Crippen LogP contribution in [0.5, 0.6) is 0 Å². The Labute approximate surface area is 91.8 Å². The van der Waals surface area contributed by atoms with Crippen molar-refractivity contribution in [1.82, 2.24) is 24.9 Å². The highest BCUT2D eigenvalue weighted by molar-refractivity contribution is 7.05. The van der Waals surface area contributed by atoms with Crippen LogP contribution in [0.1, 0.15) is 23.4 Å². The first-order valence-corrected chi connectivity index (χ1v) is 5.44.